The van der Waals surface area contributed by atoms with Crippen molar-refractivity contribution in [1.82, 2.24) is 10.6 Å². The molecule has 4 aromatic rings. The molecule has 4 aromatic carbocycles. The number of carbonyl (C=O) groups is 3. The number of hydrogen-bond donors (Lipinski definition) is 2. The van der Waals surface area contributed by atoms with Crippen LogP contribution in [0.15, 0.2) is 121 Å². The molecule has 0 radical (unpaired) electrons. The number of carbonyl (C=O) groups excluding carboxylic acids is 3. The third kappa shape index (κ3) is 10.5. The Balaban J connectivity index is 1.46. The SMILES string of the molecule is CCC(C)[C@H](NC(=O)CC(c1ccccc1)c1ccccc1)C(=O)N[C@@H](CCc1ccccc1)C(=O)COCc1ccccc1. The standard InChI is InChI=1S/C39H44N2O4/c1-3-29(2)38(41-37(43)26-34(32-20-12-6-13-21-32)33-22-14-7-15-23-33)39(44)40-35(25-24-30-16-8-4-9-17-30)36(42)28-45-27-31-18-10-5-11-19-31/h4-23,29,34-35,38H,3,24-28H2,1-2H3,(H,40,44)(H,41,43)/t29?,35-,38-/m0/s1. The minimum atomic E-state index is -0.785. The molecule has 0 aromatic heterocycles. The monoisotopic (exact) mass is 604 g/mol. The Morgan fingerprint density at radius 1 is 0.689 bits per heavy atom. The van der Waals surface area contributed by atoms with Crippen LogP contribution in [0.5, 0.6) is 0 Å². The molecule has 45 heavy (non-hydrogen) atoms. The van der Waals surface area contributed by atoms with Crippen LogP contribution in [0, 0.1) is 5.92 Å². The molecule has 0 aliphatic heterocycles. The molecule has 2 N–H and O–H groups in total. The molecule has 234 valence electrons. The summed E-state index contributed by atoms with van der Waals surface area (Å²) < 4.78 is 5.75. The molecule has 6 nitrogen and oxygen atoms in total. The van der Waals surface area contributed by atoms with Crippen LogP contribution in [-0.4, -0.2) is 36.3 Å². The summed E-state index contributed by atoms with van der Waals surface area (Å²) in [5.74, 6) is -1.07. The summed E-state index contributed by atoms with van der Waals surface area (Å²) >= 11 is 0. The first-order valence-electron chi connectivity index (χ1n) is 15.8. The van der Waals surface area contributed by atoms with Crippen LogP contribution in [0.25, 0.3) is 0 Å². The first-order valence-corrected chi connectivity index (χ1v) is 15.8. The van der Waals surface area contributed by atoms with Crippen molar-refractivity contribution in [3.8, 4) is 0 Å². The fraction of sp³-hybridized carbons (Fsp3) is 0.308. The van der Waals surface area contributed by atoms with Crippen molar-refractivity contribution in [3.05, 3.63) is 144 Å². The van der Waals surface area contributed by atoms with E-state index < -0.39 is 12.1 Å². The fourth-order valence-corrected chi connectivity index (χ4v) is 5.39. The highest BCUT2D eigenvalue weighted by molar-refractivity contribution is 5.93. The number of aryl methyl sites for hydroxylation is 1. The summed E-state index contributed by atoms with van der Waals surface area (Å²) in [6.07, 6.45) is 1.92. The zero-order chi connectivity index (χ0) is 31.9. The first kappa shape index (κ1) is 33.3. The maximum absolute atomic E-state index is 13.8. The van der Waals surface area contributed by atoms with Crippen molar-refractivity contribution in [2.45, 2.75) is 64.1 Å². The van der Waals surface area contributed by atoms with E-state index in [1.807, 2.05) is 135 Å². The number of ketones is 1. The Labute approximate surface area is 267 Å². The van der Waals surface area contributed by atoms with Crippen LogP contribution in [0.3, 0.4) is 0 Å². The predicted molar refractivity (Wildman–Crippen MR) is 179 cm³/mol. The highest BCUT2D eigenvalue weighted by Gasteiger charge is 2.31. The van der Waals surface area contributed by atoms with Crippen molar-refractivity contribution in [3.63, 3.8) is 0 Å². The summed E-state index contributed by atoms with van der Waals surface area (Å²) in [7, 11) is 0. The van der Waals surface area contributed by atoms with Crippen molar-refractivity contribution in [2.75, 3.05) is 6.61 Å². The molecule has 1 unspecified atom stereocenters. The van der Waals surface area contributed by atoms with Gasteiger partial charge >= 0.3 is 0 Å². The summed E-state index contributed by atoms with van der Waals surface area (Å²) in [4.78, 5) is 40.8. The van der Waals surface area contributed by atoms with Crippen molar-refractivity contribution in [1.29, 1.82) is 0 Å². The van der Waals surface area contributed by atoms with E-state index in [0.717, 1.165) is 22.3 Å². The topological polar surface area (TPSA) is 84.5 Å². The minimum Gasteiger partial charge on any atom is -0.369 e. The zero-order valence-corrected chi connectivity index (χ0v) is 26.2. The zero-order valence-electron chi connectivity index (χ0n) is 26.2. The van der Waals surface area contributed by atoms with Gasteiger partial charge in [0.15, 0.2) is 5.78 Å². The second-order valence-electron chi connectivity index (χ2n) is 11.5. The second kappa shape index (κ2) is 17.7. The molecular weight excluding hydrogens is 560 g/mol. The normalized spacial score (nSPS) is 13.0. The van der Waals surface area contributed by atoms with Gasteiger partial charge in [-0.25, -0.2) is 0 Å². The molecule has 0 bridgehead atoms. The molecule has 0 saturated carbocycles. The lowest BCUT2D eigenvalue weighted by atomic mass is 9.88. The van der Waals surface area contributed by atoms with Crippen LogP contribution in [0.2, 0.25) is 0 Å². The lowest BCUT2D eigenvalue weighted by molar-refractivity contribution is -0.134. The van der Waals surface area contributed by atoms with Gasteiger partial charge in [-0.3, -0.25) is 14.4 Å². The average Bonchev–Trinajstić information content (AvgIpc) is 3.09. The van der Waals surface area contributed by atoms with Gasteiger partial charge in [-0.05, 0) is 41.0 Å². The van der Waals surface area contributed by atoms with E-state index in [0.29, 0.717) is 25.9 Å². The number of Topliss-reactive ketones (excluding diaryl/α,β-unsaturated/α-hetero) is 1. The summed E-state index contributed by atoms with van der Waals surface area (Å²) in [6, 6.07) is 37.9. The first-order chi connectivity index (χ1) is 21.9. The van der Waals surface area contributed by atoms with E-state index in [2.05, 4.69) is 10.6 Å². The van der Waals surface area contributed by atoms with Crippen molar-refractivity contribution < 1.29 is 19.1 Å². The van der Waals surface area contributed by atoms with Gasteiger partial charge < -0.3 is 15.4 Å². The number of rotatable bonds is 17. The Morgan fingerprint density at radius 3 is 1.73 bits per heavy atom. The smallest absolute Gasteiger partial charge is 0.243 e. The third-order valence-corrected chi connectivity index (χ3v) is 8.23. The molecule has 0 aliphatic carbocycles. The van der Waals surface area contributed by atoms with Gasteiger partial charge in [-0.1, -0.05) is 142 Å². The Bertz CT molecular complexity index is 1420. The van der Waals surface area contributed by atoms with Gasteiger partial charge in [0, 0.05) is 12.3 Å². The average molecular weight is 605 g/mol. The van der Waals surface area contributed by atoms with E-state index in [1.54, 1.807) is 0 Å². The highest BCUT2D eigenvalue weighted by atomic mass is 16.5. The van der Waals surface area contributed by atoms with Crippen LogP contribution < -0.4 is 10.6 Å². The number of ether oxygens (including phenoxy) is 1. The molecule has 0 spiro atoms. The molecule has 2 amide bonds. The molecule has 6 heteroatoms. The molecular formula is C39H44N2O4. The van der Waals surface area contributed by atoms with Crippen LogP contribution in [0.1, 0.15) is 61.3 Å². The van der Waals surface area contributed by atoms with Gasteiger partial charge in [-0.2, -0.15) is 0 Å². The number of nitrogens with one attached hydrogen (secondary N) is 2. The predicted octanol–water partition coefficient (Wildman–Crippen LogP) is 6.64. The van der Waals surface area contributed by atoms with E-state index >= 15 is 0 Å². The van der Waals surface area contributed by atoms with Crippen LogP contribution in [-0.2, 0) is 32.1 Å². The third-order valence-electron chi connectivity index (χ3n) is 8.23. The highest BCUT2D eigenvalue weighted by Crippen LogP contribution is 2.28. The second-order valence-corrected chi connectivity index (χ2v) is 11.5. The lowest BCUT2D eigenvalue weighted by Gasteiger charge is -2.27. The Hall–Kier alpha value is -4.55. The largest absolute Gasteiger partial charge is 0.369 e. The summed E-state index contributed by atoms with van der Waals surface area (Å²) in [6.45, 7) is 4.12. The van der Waals surface area contributed by atoms with Gasteiger partial charge in [0.25, 0.3) is 0 Å². The van der Waals surface area contributed by atoms with Gasteiger partial charge in [0.1, 0.15) is 12.6 Å². The minimum absolute atomic E-state index is 0.120. The van der Waals surface area contributed by atoms with E-state index in [9.17, 15) is 14.4 Å². The molecule has 3 atom stereocenters. The van der Waals surface area contributed by atoms with Crippen LogP contribution in [0.4, 0.5) is 0 Å². The molecule has 0 heterocycles. The number of amides is 2. The molecule has 0 saturated heterocycles. The summed E-state index contributed by atoms with van der Waals surface area (Å²) in [5, 5.41) is 6.02. The number of hydrogen-bond acceptors (Lipinski definition) is 4. The quantitative estimate of drug-likeness (QED) is 0.142. The molecule has 0 aliphatic rings. The maximum Gasteiger partial charge on any atom is 0.243 e. The van der Waals surface area contributed by atoms with Crippen LogP contribution >= 0.6 is 0 Å². The Kier molecular flexibility index (Phi) is 13.1. The molecule has 0 fully saturated rings. The van der Waals surface area contributed by atoms with E-state index in [4.69, 9.17) is 4.74 Å². The molecule has 4 rings (SSSR count). The maximum atomic E-state index is 13.8. The van der Waals surface area contributed by atoms with Gasteiger partial charge in [0.2, 0.25) is 11.8 Å². The van der Waals surface area contributed by atoms with E-state index in [-0.39, 0.29) is 42.5 Å². The number of benzene rings is 4. The Morgan fingerprint density at radius 2 is 1.20 bits per heavy atom. The van der Waals surface area contributed by atoms with E-state index in [1.165, 1.54) is 0 Å². The lowest BCUT2D eigenvalue weighted by Crippen LogP contribution is -2.54. The van der Waals surface area contributed by atoms with Crippen molar-refractivity contribution >= 4 is 17.6 Å². The van der Waals surface area contributed by atoms with Gasteiger partial charge in [-0.15, -0.1) is 0 Å². The fourth-order valence-electron chi connectivity index (χ4n) is 5.39. The van der Waals surface area contributed by atoms with Crippen molar-refractivity contribution in [2.24, 2.45) is 5.92 Å². The van der Waals surface area contributed by atoms with Gasteiger partial charge in [0.05, 0.1) is 12.6 Å². The summed E-state index contributed by atoms with van der Waals surface area (Å²) in [5.41, 5.74) is 4.12.